The zero-order chi connectivity index (χ0) is 9.35. The van der Waals surface area contributed by atoms with E-state index in [1.54, 1.807) is 6.92 Å². The molecule has 2 atom stereocenters. The fourth-order valence-electron chi connectivity index (χ4n) is 1.50. The molecule has 1 fully saturated rings. The van der Waals surface area contributed by atoms with Gasteiger partial charge in [-0.25, -0.2) is 0 Å². The Labute approximate surface area is 68.8 Å². The highest BCUT2D eigenvalue weighted by Crippen LogP contribution is 2.35. The molecule has 0 radical (unpaired) electrons. The molecule has 1 amide bonds. The van der Waals surface area contributed by atoms with E-state index >= 15 is 0 Å². The summed E-state index contributed by atoms with van der Waals surface area (Å²) in [4.78, 5) is 10.7. The minimum atomic E-state index is -3.32. The smallest absolute Gasteiger partial charge is 0.329 e. The summed E-state index contributed by atoms with van der Waals surface area (Å²) in [6.07, 6.45) is 0.178. The summed E-state index contributed by atoms with van der Waals surface area (Å²) in [6, 6.07) is -0.794. The van der Waals surface area contributed by atoms with E-state index in [1.165, 1.54) is 0 Å². The fourth-order valence-corrected chi connectivity index (χ4v) is 1.50. The summed E-state index contributed by atoms with van der Waals surface area (Å²) in [7, 11) is 0. The van der Waals surface area contributed by atoms with Crippen LogP contribution >= 0.6 is 0 Å². The monoisotopic (exact) mass is 179 g/mol. The topological polar surface area (TPSA) is 49.3 Å². The molecule has 1 saturated heterocycles. The highest BCUT2D eigenvalue weighted by atomic mass is 19.3. The number of hydrogen-bond acceptors (Lipinski definition) is 2. The van der Waals surface area contributed by atoms with Crippen molar-refractivity contribution in [1.29, 1.82) is 0 Å². The van der Waals surface area contributed by atoms with Crippen molar-refractivity contribution in [2.24, 2.45) is 5.92 Å². The Bertz CT molecular complexity index is 196. The van der Waals surface area contributed by atoms with Crippen molar-refractivity contribution in [3.8, 4) is 0 Å². The minimum Gasteiger partial charge on any atom is -0.394 e. The molecule has 0 bridgehead atoms. The van der Waals surface area contributed by atoms with Crippen LogP contribution in [0.2, 0.25) is 0 Å². The lowest BCUT2D eigenvalue weighted by molar-refractivity contribution is -0.144. The SMILES string of the molecule is CC[C@H]1[C@@H](CO)NC(=O)C1(F)F. The third kappa shape index (κ3) is 1.18. The van der Waals surface area contributed by atoms with Gasteiger partial charge in [0.2, 0.25) is 0 Å². The summed E-state index contributed by atoms with van der Waals surface area (Å²) >= 11 is 0. The molecular formula is C7H11F2NO2. The van der Waals surface area contributed by atoms with E-state index in [1.807, 2.05) is 0 Å². The van der Waals surface area contributed by atoms with Crippen molar-refractivity contribution >= 4 is 5.91 Å². The Morgan fingerprint density at radius 2 is 2.25 bits per heavy atom. The average molecular weight is 179 g/mol. The molecule has 1 aliphatic rings. The molecule has 1 heterocycles. The van der Waals surface area contributed by atoms with Gasteiger partial charge in [0.1, 0.15) is 0 Å². The molecule has 1 rings (SSSR count). The lowest BCUT2D eigenvalue weighted by Gasteiger charge is -2.17. The zero-order valence-corrected chi connectivity index (χ0v) is 6.68. The second-order valence-electron chi connectivity index (χ2n) is 2.90. The molecule has 5 heteroatoms. The number of aliphatic hydroxyl groups is 1. The van der Waals surface area contributed by atoms with Gasteiger partial charge in [0, 0.05) is 0 Å². The van der Waals surface area contributed by atoms with Gasteiger partial charge in [0.15, 0.2) is 0 Å². The Morgan fingerprint density at radius 3 is 2.58 bits per heavy atom. The van der Waals surface area contributed by atoms with Crippen molar-refractivity contribution in [2.75, 3.05) is 6.61 Å². The van der Waals surface area contributed by atoms with Gasteiger partial charge in [0.25, 0.3) is 5.91 Å². The summed E-state index contributed by atoms with van der Waals surface area (Å²) in [5, 5.41) is 10.7. The molecule has 0 aromatic rings. The normalized spacial score (nSPS) is 33.5. The summed E-state index contributed by atoms with van der Waals surface area (Å²) < 4.78 is 25.8. The number of nitrogens with one attached hydrogen (secondary N) is 1. The molecule has 2 N–H and O–H groups in total. The first-order valence-corrected chi connectivity index (χ1v) is 3.83. The van der Waals surface area contributed by atoms with Gasteiger partial charge >= 0.3 is 5.92 Å². The minimum absolute atomic E-state index is 0.178. The van der Waals surface area contributed by atoms with Crippen LogP contribution in [-0.2, 0) is 4.79 Å². The van der Waals surface area contributed by atoms with Crippen LogP contribution in [0.1, 0.15) is 13.3 Å². The first-order chi connectivity index (χ1) is 5.54. The van der Waals surface area contributed by atoms with Crippen LogP contribution in [0.3, 0.4) is 0 Å². The number of hydrogen-bond donors (Lipinski definition) is 2. The lowest BCUT2D eigenvalue weighted by Crippen LogP contribution is -2.33. The number of carbonyl (C=O) groups excluding carboxylic acids is 1. The summed E-state index contributed by atoms with van der Waals surface area (Å²) in [5.74, 6) is -5.66. The van der Waals surface area contributed by atoms with E-state index in [9.17, 15) is 13.6 Å². The van der Waals surface area contributed by atoms with Gasteiger partial charge in [-0.3, -0.25) is 4.79 Å². The zero-order valence-electron chi connectivity index (χ0n) is 6.68. The molecule has 0 saturated carbocycles. The van der Waals surface area contributed by atoms with Crippen LogP contribution in [0.5, 0.6) is 0 Å². The lowest BCUT2D eigenvalue weighted by atomic mass is 9.95. The maximum Gasteiger partial charge on any atom is 0.329 e. The number of rotatable bonds is 2. The molecule has 3 nitrogen and oxygen atoms in total. The van der Waals surface area contributed by atoms with Crippen molar-refractivity contribution in [2.45, 2.75) is 25.3 Å². The van der Waals surface area contributed by atoms with E-state index in [4.69, 9.17) is 5.11 Å². The number of carbonyl (C=O) groups is 1. The molecule has 12 heavy (non-hydrogen) atoms. The third-order valence-electron chi connectivity index (χ3n) is 2.21. The highest BCUT2D eigenvalue weighted by Gasteiger charge is 2.55. The van der Waals surface area contributed by atoms with Gasteiger partial charge < -0.3 is 10.4 Å². The fraction of sp³-hybridized carbons (Fsp3) is 0.857. The van der Waals surface area contributed by atoms with E-state index in [2.05, 4.69) is 5.32 Å². The van der Waals surface area contributed by atoms with E-state index in [0.29, 0.717) is 0 Å². The number of halogens is 2. The molecule has 0 aliphatic carbocycles. The molecule has 1 aliphatic heterocycles. The molecule has 0 aromatic carbocycles. The molecule has 70 valence electrons. The Morgan fingerprint density at radius 1 is 1.67 bits per heavy atom. The van der Waals surface area contributed by atoms with Crippen molar-refractivity contribution in [3.63, 3.8) is 0 Å². The highest BCUT2D eigenvalue weighted by molar-refractivity contribution is 5.86. The van der Waals surface area contributed by atoms with E-state index < -0.39 is 30.4 Å². The maximum absolute atomic E-state index is 12.9. The molecular weight excluding hydrogens is 168 g/mol. The predicted octanol–water partition coefficient (Wildman–Crippen LogP) is 0.139. The van der Waals surface area contributed by atoms with Gasteiger partial charge in [0.05, 0.1) is 18.6 Å². The first-order valence-electron chi connectivity index (χ1n) is 3.83. The Kier molecular flexibility index (Phi) is 2.32. The summed E-state index contributed by atoms with van der Waals surface area (Å²) in [6.45, 7) is 1.14. The maximum atomic E-state index is 12.9. The predicted molar refractivity (Wildman–Crippen MR) is 37.7 cm³/mol. The second kappa shape index (κ2) is 2.97. The van der Waals surface area contributed by atoms with Crippen LogP contribution in [0, 0.1) is 5.92 Å². The van der Waals surface area contributed by atoms with Crippen LogP contribution < -0.4 is 5.32 Å². The standard InChI is InChI=1S/C7H11F2NO2/c1-2-4-5(3-11)10-6(12)7(4,8)9/h4-5,11H,2-3H2,1H3,(H,10,12)/t4-,5+/m0/s1. The first kappa shape index (κ1) is 9.38. The number of aliphatic hydroxyl groups excluding tert-OH is 1. The van der Waals surface area contributed by atoms with Crippen molar-refractivity contribution in [3.05, 3.63) is 0 Å². The third-order valence-corrected chi connectivity index (χ3v) is 2.21. The summed E-state index contributed by atoms with van der Waals surface area (Å²) in [5.41, 5.74) is 0. The van der Waals surface area contributed by atoms with Crippen molar-refractivity contribution in [1.82, 2.24) is 5.32 Å². The second-order valence-corrected chi connectivity index (χ2v) is 2.90. The van der Waals surface area contributed by atoms with Crippen LogP contribution in [0.25, 0.3) is 0 Å². The van der Waals surface area contributed by atoms with Crippen LogP contribution in [-0.4, -0.2) is 29.6 Å². The molecule has 0 unspecified atom stereocenters. The van der Waals surface area contributed by atoms with Crippen molar-refractivity contribution < 1.29 is 18.7 Å². The van der Waals surface area contributed by atoms with Crippen LogP contribution in [0.15, 0.2) is 0 Å². The van der Waals surface area contributed by atoms with Gasteiger partial charge in [-0.2, -0.15) is 8.78 Å². The van der Waals surface area contributed by atoms with Gasteiger partial charge in [-0.15, -0.1) is 0 Å². The average Bonchev–Trinajstić information content (AvgIpc) is 2.23. The molecule has 0 spiro atoms. The van der Waals surface area contributed by atoms with Crippen LogP contribution in [0.4, 0.5) is 8.78 Å². The Balaban J connectivity index is 2.83. The largest absolute Gasteiger partial charge is 0.394 e. The van der Waals surface area contributed by atoms with Gasteiger partial charge in [-0.05, 0) is 6.42 Å². The van der Waals surface area contributed by atoms with E-state index in [-0.39, 0.29) is 6.42 Å². The molecule has 0 aromatic heterocycles. The quantitative estimate of drug-likeness (QED) is 0.633. The van der Waals surface area contributed by atoms with Gasteiger partial charge in [-0.1, -0.05) is 6.92 Å². The Hall–Kier alpha value is -0.710. The number of amides is 1. The number of alkyl halides is 2. The van der Waals surface area contributed by atoms with E-state index in [0.717, 1.165) is 0 Å².